The van der Waals surface area contributed by atoms with Gasteiger partial charge in [0.25, 0.3) is 5.91 Å². The van der Waals surface area contributed by atoms with Crippen molar-refractivity contribution in [1.29, 1.82) is 0 Å². The van der Waals surface area contributed by atoms with E-state index in [1.54, 1.807) is 32.0 Å². The number of hydrogen-bond acceptors (Lipinski definition) is 4. The Bertz CT molecular complexity index is 697. The zero-order valence-electron chi connectivity index (χ0n) is 15.6. The quantitative estimate of drug-likeness (QED) is 0.723. The number of amides is 1. The van der Waals surface area contributed by atoms with Crippen molar-refractivity contribution >= 4 is 29.2 Å². The van der Waals surface area contributed by atoms with Crippen LogP contribution in [0.3, 0.4) is 0 Å². The Morgan fingerprint density at radius 2 is 2.04 bits per heavy atom. The zero-order chi connectivity index (χ0) is 18.9. The molecular formula is C20H26ClNO4. The molecule has 1 unspecified atom stereocenters. The highest BCUT2D eigenvalue weighted by Gasteiger charge is 2.46. The maximum absolute atomic E-state index is 13.1. The summed E-state index contributed by atoms with van der Waals surface area (Å²) in [5.74, 6) is -0.0704. The van der Waals surface area contributed by atoms with Gasteiger partial charge in [0.05, 0.1) is 5.69 Å². The topological polar surface area (TPSA) is 55.8 Å². The summed E-state index contributed by atoms with van der Waals surface area (Å²) in [7, 11) is 0. The van der Waals surface area contributed by atoms with Gasteiger partial charge in [-0.15, -0.1) is 0 Å². The Labute approximate surface area is 159 Å². The molecule has 3 rings (SSSR count). The Balaban J connectivity index is 1.91. The van der Waals surface area contributed by atoms with Crippen LogP contribution in [0, 0.1) is 0 Å². The smallest absolute Gasteiger partial charge is 0.329 e. The van der Waals surface area contributed by atoms with E-state index < -0.39 is 11.6 Å². The molecule has 1 amide bonds. The first-order chi connectivity index (χ1) is 12.3. The van der Waals surface area contributed by atoms with Crippen molar-refractivity contribution in [3.8, 4) is 5.75 Å². The van der Waals surface area contributed by atoms with Crippen molar-refractivity contribution < 1.29 is 19.1 Å². The lowest BCUT2D eigenvalue weighted by Gasteiger charge is -2.41. The number of fused-ring (bicyclic) bond motifs is 1. The molecule has 1 aromatic rings. The fraction of sp³-hybridized carbons (Fsp3) is 0.600. The number of nitrogens with zero attached hydrogens (tertiary/aromatic N) is 1. The van der Waals surface area contributed by atoms with Gasteiger partial charge in [-0.2, -0.15) is 0 Å². The van der Waals surface area contributed by atoms with Crippen molar-refractivity contribution in [2.24, 2.45) is 0 Å². The number of ether oxygens (including phenoxy) is 2. The van der Waals surface area contributed by atoms with E-state index >= 15 is 0 Å². The number of esters is 1. The van der Waals surface area contributed by atoms with Crippen LogP contribution in [0.15, 0.2) is 18.2 Å². The summed E-state index contributed by atoms with van der Waals surface area (Å²) in [4.78, 5) is 27.5. The monoisotopic (exact) mass is 379 g/mol. The van der Waals surface area contributed by atoms with E-state index in [9.17, 15) is 9.59 Å². The van der Waals surface area contributed by atoms with E-state index in [0.29, 0.717) is 22.9 Å². The second kappa shape index (κ2) is 7.47. The minimum Gasteiger partial charge on any atom is -0.476 e. The van der Waals surface area contributed by atoms with Gasteiger partial charge in [-0.1, -0.05) is 24.9 Å². The van der Waals surface area contributed by atoms with Gasteiger partial charge in [-0.05, 0) is 64.2 Å². The van der Waals surface area contributed by atoms with Crippen LogP contribution in [0.25, 0.3) is 0 Å². The van der Waals surface area contributed by atoms with Gasteiger partial charge in [0.1, 0.15) is 17.9 Å². The summed E-state index contributed by atoms with van der Waals surface area (Å²) in [6, 6.07) is 4.43. The van der Waals surface area contributed by atoms with E-state index in [1.165, 1.54) is 11.3 Å². The molecule has 2 aliphatic rings. The number of hydrogen-bond donors (Lipinski definition) is 0. The third-order valence-corrected chi connectivity index (χ3v) is 5.32. The summed E-state index contributed by atoms with van der Waals surface area (Å²) in [6.45, 7) is 5.30. The average Bonchev–Trinajstić information content (AvgIpc) is 2.60. The number of carbonyl (C=O) groups excluding carboxylic acids is 2. The van der Waals surface area contributed by atoms with E-state index in [-0.39, 0.29) is 18.0 Å². The molecule has 0 radical (unpaired) electrons. The molecule has 1 atom stereocenters. The molecule has 0 aromatic heterocycles. The Morgan fingerprint density at radius 1 is 1.35 bits per heavy atom. The fourth-order valence-corrected chi connectivity index (χ4v) is 3.84. The number of halogens is 1. The van der Waals surface area contributed by atoms with Gasteiger partial charge in [0.15, 0.2) is 5.60 Å². The van der Waals surface area contributed by atoms with E-state index in [4.69, 9.17) is 21.1 Å². The van der Waals surface area contributed by atoms with Gasteiger partial charge < -0.3 is 9.47 Å². The van der Waals surface area contributed by atoms with Gasteiger partial charge in [-0.3, -0.25) is 9.69 Å². The van der Waals surface area contributed by atoms with Crippen LogP contribution in [-0.4, -0.2) is 29.6 Å². The third-order valence-electron chi connectivity index (χ3n) is 5.08. The lowest BCUT2D eigenvalue weighted by atomic mass is 9.97. The van der Waals surface area contributed by atoms with E-state index in [2.05, 4.69) is 0 Å². The number of rotatable bonds is 4. The minimum atomic E-state index is -1.06. The molecular weight excluding hydrogens is 354 g/mol. The molecule has 26 heavy (non-hydrogen) atoms. The van der Waals surface area contributed by atoms with Crippen LogP contribution in [0.4, 0.5) is 5.69 Å². The van der Waals surface area contributed by atoms with E-state index in [0.717, 1.165) is 25.7 Å². The van der Waals surface area contributed by atoms with Crippen molar-refractivity contribution in [2.75, 3.05) is 4.90 Å². The van der Waals surface area contributed by atoms with Gasteiger partial charge >= 0.3 is 5.97 Å². The molecule has 1 fully saturated rings. The number of carbonyl (C=O) groups is 2. The predicted octanol–water partition coefficient (Wildman–Crippen LogP) is 4.50. The summed E-state index contributed by atoms with van der Waals surface area (Å²) >= 11 is 6.13. The fourth-order valence-electron chi connectivity index (χ4n) is 3.67. The Kier molecular flexibility index (Phi) is 5.47. The maximum atomic E-state index is 13.1. The van der Waals surface area contributed by atoms with Crippen molar-refractivity contribution in [2.45, 2.75) is 77.0 Å². The average molecular weight is 380 g/mol. The normalized spacial score (nSPS) is 20.9. The van der Waals surface area contributed by atoms with Gasteiger partial charge in [0, 0.05) is 5.02 Å². The largest absolute Gasteiger partial charge is 0.476 e. The Hall–Kier alpha value is -1.75. The molecule has 1 heterocycles. The molecule has 142 valence electrons. The van der Waals surface area contributed by atoms with Crippen LogP contribution < -0.4 is 9.64 Å². The summed E-state index contributed by atoms with van der Waals surface area (Å²) < 4.78 is 11.6. The number of benzene rings is 1. The van der Waals surface area contributed by atoms with Crippen LogP contribution >= 0.6 is 11.6 Å². The van der Waals surface area contributed by atoms with Crippen LogP contribution in [-0.2, 0) is 14.3 Å². The van der Waals surface area contributed by atoms with Crippen molar-refractivity contribution in [1.82, 2.24) is 0 Å². The van der Waals surface area contributed by atoms with Crippen molar-refractivity contribution in [3.63, 3.8) is 0 Å². The first-order valence-electron chi connectivity index (χ1n) is 9.36. The summed E-state index contributed by atoms with van der Waals surface area (Å²) in [5.41, 5.74) is -0.534. The summed E-state index contributed by atoms with van der Waals surface area (Å²) in [5, 5.41) is 0.486. The highest BCUT2D eigenvalue weighted by atomic mass is 35.5. The molecule has 6 heteroatoms. The molecule has 1 aliphatic carbocycles. The molecule has 5 nitrogen and oxygen atoms in total. The summed E-state index contributed by atoms with van der Waals surface area (Å²) in [6.07, 6.45) is 5.55. The van der Waals surface area contributed by atoms with Crippen LogP contribution in [0.5, 0.6) is 5.75 Å². The zero-order valence-corrected chi connectivity index (χ0v) is 16.3. The van der Waals surface area contributed by atoms with Crippen molar-refractivity contribution in [3.05, 3.63) is 23.2 Å². The second-order valence-electron chi connectivity index (χ2n) is 7.52. The molecule has 1 saturated carbocycles. The molecule has 0 saturated heterocycles. The second-order valence-corrected chi connectivity index (χ2v) is 7.96. The maximum Gasteiger partial charge on any atom is 0.329 e. The third kappa shape index (κ3) is 3.68. The van der Waals surface area contributed by atoms with Gasteiger partial charge in [-0.25, -0.2) is 4.79 Å². The SMILES string of the molecule is CCC(C(=O)OC1CCCCC1)N1C(=O)C(C)(C)Oc2ccc(Cl)cc21. The van der Waals surface area contributed by atoms with Gasteiger partial charge in [0.2, 0.25) is 0 Å². The highest BCUT2D eigenvalue weighted by Crippen LogP contribution is 2.41. The lowest BCUT2D eigenvalue weighted by molar-refractivity contribution is -0.154. The standard InChI is InChI=1S/C20H26ClNO4/c1-4-15(18(23)25-14-8-6-5-7-9-14)22-16-12-13(21)10-11-17(16)26-20(2,3)19(22)24/h10-12,14-15H,4-9H2,1-3H3. The Morgan fingerprint density at radius 3 is 2.69 bits per heavy atom. The lowest BCUT2D eigenvalue weighted by Crippen LogP contribution is -2.58. The first kappa shape index (κ1) is 19.0. The minimum absolute atomic E-state index is 0.0479. The molecule has 0 bridgehead atoms. The molecule has 0 N–H and O–H groups in total. The van der Waals surface area contributed by atoms with Crippen LogP contribution in [0.2, 0.25) is 5.02 Å². The first-order valence-corrected chi connectivity index (χ1v) is 9.74. The predicted molar refractivity (Wildman–Crippen MR) is 101 cm³/mol. The van der Waals surface area contributed by atoms with Crippen LogP contribution in [0.1, 0.15) is 59.3 Å². The van der Waals surface area contributed by atoms with E-state index in [1.807, 2.05) is 6.92 Å². The molecule has 1 aliphatic heterocycles. The highest BCUT2D eigenvalue weighted by molar-refractivity contribution is 6.31. The molecule has 1 aromatic carbocycles. The molecule has 0 spiro atoms. The number of anilines is 1.